The summed E-state index contributed by atoms with van der Waals surface area (Å²) >= 11 is 0. The largest absolute Gasteiger partial charge is 0.494 e. The third-order valence-corrected chi connectivity index (χ3v) is 6.01. The van der Waals surface area contributed by atoms with Gasteiger partial charge >= 0.3 is 10.1 Å². The Morgan fingerprint density at radius 1 is 1.11 bits per heavy atom. The van der Waals surface area contributed by atoms with E-state index in [0.29, 0.717) is 23.6 Å². The van der Waals surface area contributed by atoms with Gasteiger partial charge in [-0.05, 0) is 48.9 Å². The van der Waals surface area contributed by atoms with Gasteiger partial charge in [-0.3, -0.25) is 14.9 Å². The predicted octanol–water partition coefficient (Wildman–Crippen LogP) is 4.32. The fourth-order valence-corrected chi connectivity index (χ4v) is 4.09. The van der Waals surface area contributed by atoms with Crippen LogP contribution in [0.1, 0.15) is 12.5 Å². The first kappa shape index (κ1) is 26.7. The Kier molecular flexibility index (Phi) is 8.44. The Balaban J connectivity index is 1.84. The molecule has 0 aliphatic rings. The first-order valence-electron chi connectivity index (χ1n) is 10.7. The number of hydrogen-bond acceptors (Lipinski definition) is 9. The van der Waals surface area contributed by atoms with Crippen molar-refractivity contribution in [2.45, 2.75) is 11.8 Å². The standard InChI is InChI=1S/C25H21N3O8S/c1-3-35-21-8-4-6-19(14-21)27-25(29)18(16-26)12-17-10-11-23(24(13-17)34-2)36-37(32,33)22-9-5-7-20(15-22)28(30)31/h4-15H,3H2,1-2H3,(H,27,29)/b18-12+. The average Bonchev–Trinajstić information content (AvgIpc) is 2.88. The number of ether oxygens (including phenoxy) is 2. The molecule has 0 saturated heterocycles. The van der Waals surface area contributed by atoms with Crippen LogP contribution in [-0.2, 0) is 14.9 Å². The van der Waals surface area contributed by atoms with Gasteiger partial charge in [-0.2, -0.15) is 13.7 Å². The Morgan fingerprint density at radius 2 is 1.86 bits per heavy atom. The van der Waals surface area contributed by atoms with Crippen molar-refractivity contribution in [3.8, 4) is 23.3 Å². The zero-order valence-electron chi connectivity index (χ0n) is 19.7. The third kappa shape index (κ3) is 6.83. The molecule has 1 amide bonds. The van der Waals surface area contributed by atoms with Crippen LogP contribution in [-0.4, -0.2) is 33.0 Å². The van der Waals surface area contributed by atoms with Crippen molar-refractivity contribution in [3.63, 3.8) is 0 Å². The molecule has 0 atom stereocenters. The van der Waals surface area contributed by atoms with Gasteiger partial charge in [0.15, 0.2) is 11.5 Å². The summed E-state index contributed by atoms with van der Waals surface area (Å²) in [7, 11) is -3.15. The van der Waals surface area contributed by atoms with E-state index in [4.69, 9.17) is 13.7 Å². The van der Waals surface area contributed by atoms with Crippen LogP contribution in [0.5, 0.6) is 17.2 Å². The van der Waals surface area contributed by atoms with E-state index in [1.807, 2.05) is 13.0 Å². The SMILES string of the molecule is CCOc1cccc(NC(=O)/C(C#N)=C/c2ccc(OS(=O)(=O)c3cccc([N+](=O)[O-])c3)c(OC)c2)c1. The molecule has 0 bridgehead atoms. The highest BCUT2D eigenvalue weighted by Gasteiger charge is 2.22. The van der Waals surface area contributed by atoms with E-state index in [0.717, 1.165) is 18.2 Å². The van der Waals surface area contributed by atoms with Gasteiger partial charge in [0.25, 0.3) is 11.6 Å². The summed E-state index contributed by atoms with van der Waals surface area (Å²) < 4.78 is 41.1. The number of carbonyl (C=O) groups is 1. The molecule has 0 aliphatic carbocycles. The molecule has 0 radical (unpaired) electrons. The summed E-state index contributed by atoms with van der Waals surface area (Å²) in [6.07, 6.45) is 1.29. The molecule has 3 aromatic carbocycles. The molecule has 11 nitrogen and oxygen atoms in total. The van der Waals surface area contributed by atoms with Crippen molar-refractivity contribution >= 4 is 33.5 Å². The number of nitrogens with zero attached hydrogens (tertiary/aromatic N) is 2. The van der Waals surface area contributed by atoms with Gasteiger partial charge in [0.05, 0.1) is 18.6 Å². The summed E-state index contributed by atoms with van der Waals surface area (Å²) in [5, 5.41) is 23.1. The highest BCUT2D eigenvalue weighted by Crippen LogP contribution is 2.32. The van der Waals surface area contributed by atoms with Gasteiger partial charge in [0.2, 0.25) is 0 Å². The maximum atomic E-state index is 12.7. The maximum absolute atomic E-state index is 12.7. The predicted molar refractivity (Wildman–Crippen MR) is 134 cm³/mol. The Hall–Kier alpha value is -4.89. The number of nitrogens with one attached hydrogen (secondary N) is 1. The van der Waals surface area contributed by atoms with Crippen LogP contribution in [0.4, 0.5) is 11.4 Å². The maximum Gasteiger partial charge on any atom is 0.339 e. The van der Waals surface area contributed by atoms with E-state index >= 15 is 0 Å². The molecule has 0 aromatic heterocycles. The van der Waals surface area contributed by atoms with E-state index < -0.39 is 31.5 Å². The Morgan fingerprint density at radius 3 is 2.54 bits per heavy atom. The van der Waals surface area contributed by atoms with Gasteiger partial charge in [-0.1, -0.05) is 18.2 Å². The Labute approximate surface area is 212 Å². The van der Waals surface area contributed by atoms with Crippen LogP contribution in [0.2, 0.25) is 0 Å². The molecule has 3 rings (SSSR count). The van der Waals surface area contributed by atoms with Gasteiger partial charge < -0.3 is 19.0 Å². The molecule has 0 fully saturated rings. The third-order valence-electron chi connectivity index (χ3n) is 4.78. The molecule has 12 heteroatoms. The van der Waals surface area contributed by atoms with Crippen LogP contribution >= 0.6 is 0 Å². The van der Waals surface area contributed by atoms with Crippen molar-refractivity contribution in [2.24, 2.45) is 0 Å². The van der Waals surface area contributed by atoms with E-state index in [1.54, 1.807) is 24.3 Å². The molecule has 0 heterocycles. The second-order valence-corrected chi connectivity index (χ2v) is 8.83. The fourth-order valence-electron chi connectivity index (χ4n) is 3.11. The van der Waals surface area contributed by atoms with Crippen molar-refractivity contribution in [2.75, 3.05) is 19.0 Å². The zero-order chi connectivity index (χ0) is 27.0. The minimum absolute atomic E-state index is 0.00938. The lowest BCUT2D eigenvalue weighted by Gasteiger charge is -2.11. The number of carbonyl (C=O) groups excluding carboxylic acids is 1. The lowest BCUT2D eigenvalue weighted by molar-refractivity contribution is -0.385. The number of nitriles is 1. The van der Waals surface area contributed by atoms with Crippen LogP contribution in [0.15, 0.2) is 77.2 Å². The Bertz CT molecular complexity index is 1510. The number of methoxy groups -OCH3 is 1. The number of nitro groups is 1. The van der Waals surface area contributed by atoms with Crippen LogP contribution in [0.25, 0.3) is 6.08 Å². The van der Waals surface area contributed by atoms with Crippen molar-refractivity contribution in [1.82, 2.24) is 0 Å². The quantitative estimate of drug-likeness (QED) is 0.134. The fraction of sp³-hybridized carbons (Fsp3) is 0.120. The molecule has 190 valence electrons. The molecule has 1 N–H and O–H groups in total. The minimum Gasteiger partial charge on any atom is -0.494 e. The number of nitro benzene ring substituents is 1. The van der Waals surface area contributed by atoms with Crippen LogP contribution in [0, 0.1) is 21.4 Å². The highest BCUT2D eigenvalue weighted by molar-refractivity contribution is 7.87. The van der Waals surface area contributed by atoms with E-state index in [-0.39, 0.29) is 17.1 Å². The summed E-state index contributed by atoms with van der Waals surface area (Å²) in [6, 6.07) is 17.0. The van der Waals surface area contributed by atoms with Gasteiger partial charge in [0, 0.05) is 23.9 Å². The van der Waals surface area contributed by atoms with E-state index in [1.165, 1.54) is 37.5 Å². The van der Waals surface area contributed by atoms with Crippen molar-refractivity contribution in [3.05, 3.63) is 88.0 Å². The van der Waals surface area contributed by atoms with E-state index in [9.17, 15) is 28.6 Å². The second kappa shape index (κ2) is 11.7. The smallest absolute Gasteiger partial charge is 0.339 e. The van der Waals surface area contributed by atoms with Crippen LogP contribution in [0.3, 0.4) is 0 Å². The first-order valence-corrected chi connectivity index (χ1v) is 12.1. The second-order valence-electron chi connectivity index (χ2n) is 7.29. The summed E-state index contributed by atoms with van der Waals surface area (Å²) in [6.45, 7) is 2.28. The average molecular weight is 524 g/mol. The number of benzene rings is 3. The van der Waals surface area contributed by atoms with Gasteiger partial charge in [-0.25, -0.2) is 0 Å². The summed E-state index contributed by atoms with van der Waals surface area (Å²) in [4.78, 5) is 22.5. The van der Waals surface area contributed by atoms with Gasteiger partial charge in [0.1, 0.15) is 22.3 Å². The number of hydrogen-bond donors (Lipinski definition) is 1. The monoisotopic (exact) mass is 523 g/mol. The van der Waals surface area contributed by atoms with Crippen LogP contribution < -0.4 is 19.0 Å². The molecule has 0 unspecified atom stereocenters. The molecule has 0 saturated carbocycles. The first-order chi connectivity index (χ1) is 17.7. The number of rotatable bonds is 10. The normalized spacial score (nSPS) is 11.2. The minimum atomic E-state index is -4.42. The molecule has 0 aliphatic heterocycles. The molecular formula is C25H21N3O8S. The van der Waals surface area contributed by atoms with Crippen molar-refractivity contribution in [1.29, 1.82) is 5.26 Å². The molecule has 37 heavy (non-hydrogen) atoms. The topological polar surface area (TPSA) is 158 Å². The number of non-ortho nitro benzene ring substituents is 1. The summed E-state index contributed by atoms with van der Waals surface area (Å²) in [5.41, 5.74) is 0.155. The molecule has 0 spiro atoms. The lowest BCUT2D eigenvalue weighted by atomic mass is 10.1. The number of anilines is 1. The lowest BCUT2D eigenvalue weighted by Crippen LogP contribution is -2.13. The highest BCUT2D eigenvalue weighted by atomic mass is 32.2. The zero-order valence-corrected chi connectivity index (χ0v) is 20.5. The van der Waals surface area contributed by atoms with Crippen molar-refractivity contribution < 1.29 is 31.8 Å². The molecule has 3 aromatic rings. The number of amides is 1. The summed E-state index contributed by atoms with van der Waals surface area (Å²) in [5.74, 6) is -0.307. The van der Waals surface area contributed by atoms with E-state index in [2.05, 4.69) is 5.32 Å². The molecular weight excluding hydrogens is 502 g/mol. The van der Waals surface area contributed by atoms with Gasteiger partial charge in [-0.15, -0.1) is 0 Å².